The summed E-state index contributed by atoms with van der Waals surface area (Å²) in [4.78, 5) is 24.8. The largest absolute Gasteiger partial charge is 0.374 e. The van der Waals surface area contributed by atoms with Crippen molar-refractivity contribution in [2.45, 2.75) is 12.6 Å². The maximum Gasteiger partial charge on any atom is 0.241 e. The van der Waals surface area contributed by atoms with Crippen LogP contribution in [0.1, 0.15) is 5.56 Å². The Balaban J connectivity index is 1.72. The second-order valence-electron chi connectivity index (χ2n) is 6.17. The van der Waals surface area contributed by atoms with Gasteiger partial charge in [0.25, 0.3) is 0 Å². The predicted molar refractivity (Wildman–Crippen MR) is 113 cm³/mol. The Kier molecular flexibility index (Phi) is 9.27. The molecule has 1 unspecified atom stereocenters. The number of amides is 2. The highest BCUT2D eigenvalue weighted by molar-refractivity contribution is 8.14. The van der Waals surface area contributed by atoms with Gasteiger partial charge in [0.1, 0.15) is 0 Å². The number of carbonyl (C=O) groups is 2. The lowest BCUT2D eigenvalue weighted by Crippen LogP contribution is -2.47. The lowest BCUT2D eigenvalue weighted by atomic mass is 10.2. The third-order valence-electron chi connectivity index (χ3n) is 3.90. The summed E-state index contributed by atoms with van der Waals surface area (Å²) in [5, 5.41) is 11.6. The zero-order valence-corrected chi connectivity index (χ0v) is 17.4. The van der Waals surface area contributed by atoms with Gasteiger partial charge in [-0.3, -0.25) is 19.9 Å². The molecule has 1 aromatic rings. The number of hydrogen-bond donors (Lipinski definition) is 3. The molecule has 2 rings (SSSR count). The second kappa shape index (κ2) is 11.4. The van der Waals surface area contributed by atoms with Crippen molar-refractivity contribution in [3.8, 4) is 0 Å². The number of nitrogens with zero attached hydrogens (tertiary/aromatic N) is 1. The number of halogens is 2. The molecule has 1 aliphatic rings. The molecule has 1 saturated heterocycles. The Morgan fingerprint density at radius 1 is 1.36 bits per heavy atom. The van der Waals surface area contributed by atoms with Crippen LogP contribution >= 0.6 is 35.0 Å². The maximum atomic E-state index is 11.9. The summed E-state index contributed by atoms with van der Waals surface area (Å²) >= 11 is 13.0. The van der Waals surface area contributed by atoms with E-state index < -0.39 is 5.91 Å². The smallest absolute Gasteiger partial charge is 0.241 e. The van der Waals surface area contributed by atoms with Gasteiger partial charge in [-0.15, -0.1) is 0 Å². The average molecular weight is 445 g/mol. The van der Waals surface area contributed by atoms with Crippen molar-refractivity contribution < 1.29 is 14.3 Å². The number of carbonyl (C=O) groups excluding carboxylic acids is 2. The Hall–Kier alpha value is -1.58. The average Bonchev–Trinajstić information content (AvgIpc) is 2.66. The van der Waals surface area contributed by atoms with E-state index in [9.17, 15) is 9.59 Å². The SMILES string of the molecule is N=C(/C=C\C(N)=O)SCC(=O)NCC1CN(Cc2ccc(Cl)c(Cl)c2)CCO1. The molecule has 1 aliphatic heterocycles. The van der Waals surface area contributed by atoms with Gasteiger partial charge < -0.3 is 15.8 Å². The number of primary amides is 1. The number of nitrogens with one attached hydrogen (secondary N) is 2. The Labute approximate surface area is 178 Å². The van der Waals surface area contributed by atoms with Crippen LogP contribution in [0.4, 0.5) is 0 Å². The normalized spacial score (nSPS) is 17.6. The van der Waals surface area contributed by atoms with Gasteiger partial charge in [-0.25, -0.2) is 0 Å². The summed E-state index contributed by atoms with van der Waals surface area (Å²) in [6, 6.07) is 5.58. The molecule has 1 fully saturated rings. The zero-order valence-electron chi connectivity index (χ0n) is 15.1. The molecule has 0 bridgehead atoms. The van der Waals surface area contributed by atoms with Gasteiger partial charge in [-0.1, -0.05) is 41.0 Å². The molecule has 4 N–H and O–H groups in total. The first-order valence-electron chi connectivity index (χ1n) is 8.57. The summed E-state index contributed by atoms with van der Waals surface area (Å²) in [5.74, 6) is -0.746. The van der Waals surface area contributed by atoms with Crippen molar-refractivity contribution >= 4 is 51.8 Å². The number of morpholine rings is 1. The molecule has 0 aliphatic carbocycles. The van der Waals surface area contributed by atoms with Crippen molar-refractivity contribution in [3.05, 3.63) is 46.0 Å². The van der Waals surface area contributed by atoms with Gasteiger partial charge in [0.2, 0.25) is 11.8 Å². The highest BCUT2D eigenvalue weighted by Crippen LogP contribution is 2.23. The van der Waals surface area contributed by atoms with Crippen LogP contribution < -0.4 is 11.1 Å². The summed E-state index contributed by atoms with van der Waals surface area (Å²) in [6.45, 7) is 3.18. The van der Waals surface area contributed by atoms with E-state index in [1.54, 1.807) is 6.07 Å². The van der Waals surface area contributed by atoms with Crippen LogP contribution in [-0.2, 0) is 20.9 Å². The minimum absolute atomic E-state index is 0.0850. The maximum absolute atomic E-state index is 11.9. The first-order chi connectivity index (χ1) is 13.3. The van der Waals surface area contributed by atoms with E-state index in [1.165, 1.54) is 6.08 Å². The molecule has 0 radical (unpaired) electrons. The number of thioether (sulfide) groups is 1. The van der Waals surface area contributed by atoms with E-state index in [-0.39, 0.29) is 22.8 Å². The topological polar surface area (TPSA) is 109 Å². The molecular weight excluding hydrogens is 423 g/mol. The van der Waals surface area contributed by atoms with Gasteiger partial charge in [0, 0.05) is 32.3 Å². The van der Waals surface area contributed by atoms with E-state index in [0.29, 0.717) is 29.7 Å². The van der Waals surface area contributed by atoms with Crippen LogP contribution in [0, 0.1) is 5.41 Å². The standard InChI is InChI=1S/C18H22Cl2N4O3S/c19-14-2-1-12(7-15(14)20)9-24-5-6-27-13(10-24)8-23-18(26)11-28-17(22)4-3-16(21)25/h1-4,7,13,22H,5-6,8-11H2,(H2,21,25)(H,23,26)/b4-3-,22-17?. The van der Waals surface area contributed by atoms with Crippen molar-refractivity contribution in [1.29, 1.82) is 5.41 Å². The number of rotatable bonds is 8. The molecule has 0 spiro atoms. The van der Waals surface area contributed by atoms with Crippen LogP contribution in [0.25, 0.3) is 0 Å². The Bertz CT molecular complexity index is 760. The molecule has 0 aromatic heterocycles. The molecule has 0 saturated carbocycles. The number of benzene rings is 1. The number of hydrogen-bond acceptors (Lipinski definition) is 6. The van der Waals surface area contributed by atoms with E-state index in [2.05, 4.69) is 10.2 Å². The summed E-state index contributed by atoms with van der Waals surface area (Å²) in [6.07, 6.45) is 2.25. The van der Waals surface area contributed by atoms with Crippen LogP contribution in [0.5, 0.6) is 0 Å². The molecular formula is C18H22Cl2N4O3S. The van der Waals surface area contributed by atoms with Gasteiger partial charge in [0.05, 0.1) is 33.6 Å². The minimum atomic E-state index is -0.630. The first kappa shape index (κ1) is 22.7. The van der Waals surface area contributed by atoms with Gasteiger partial charge in [-0.2, -0.15) is 0 Å². The van der Waals surface area contributed by atoms with E-state index >= 15 is 0 Å². The second-order valence-corrected chi connectivity index (χ2v) is 8.00. The third-order valence-corrected chi connectivity index (χ3v) is 5.49. The molecule has 1 heterocycles. The Morgan fingerprint density at radius 3 is 2.86 bits per heavy atom. The van der Waals surface area contributed by atoms with Crippen LogP contribution in [0.15, 0.2) is 30.4 Å². The first-order valence-corrected chi connectivity index (χ1v) is 10.3. The van der Waals surface area contributed by atoms with E-state index in [1.807, 2.05) is 12.1 Å². The third kappa shape index (κ3) is 8.20. The Morgan fingerprint density at radius 2 is 2.14 bits per heavy atom. The van der Waals surface area contributed by atoms with Crippen LogP contribution in [0.2, 0.25) is 10.0 Å². The van der Waals surface area contributed by atoms with E-state index in [0.717, 1.165) is 36.5 Å². The molecule has 152 valence electrons. The van der Waals surface area contributed by atoms with Gasteiger partial charge in [-0.05, 0) is 23.8 Å². The molecule has 2 amide bonds. The predicted octanol–water partition coefficient (Wildman–Crippen LogP) is 2.06. The van der Waals surface area contributed by atoms with Gasteiger partial charge >= 0.3 is 0 Å². The fraction of sp³-hybridized carbons (Fsp3) is 0.389. The lowest BCUT2D eigenvalue weighted by Gasteiger charge is -2.33. The summed E-state index contributed by atoms with van der Waals surface area (Å²) in [7, 11) is 0. The fourth-order valence-corrected chi connectivity index (χ4v) is 3.45. The molecule has 7 nitrogen and oxygen atoms in total. The van der Waals surface area contributed by atoms with Crippen LogP contribution in [0.3, 0.4) is 0 Å². The fourth-order valence-electron chi connectivity index (χ4n) is 2.57. The molecule has 1 aromatic carbocycles. The zero-order chi connectivity index (χ0) is 20.5. The number of ether oxygens (including phenoxy) is 1. The van der Waals surface area contributed by atoms with Gasteiger partial charge in [0.15, 0.2) is 0 Å². The molecule has 10 heteroatoms. The van der Waals surface area contributed by atoms with Crippen molar-refractivity contribution in [2.75, 3.05) is 32.0 Å². The highest BCUT2D eigenvalue weighted by Gasteiger charge is 2.21. The minimum Gasteiger partial charge on any atom is -0.374 e. The highest BCUT2D eigenvalue weighted by atomic mass is 35.5. The van der Waals surface area contributed by atoms with E-state index in [4.69, 9.17) is 39.1 Å². The van der Waals surface area contributed by atoms with Crippen LogP contribution in [-0.4, -0.2) is 59.9 Å². The molecule has 28 heavy (non-hydrogen) atoms. The summed E-state index contributed by atoms with van der Waals surface area (Å²) in [5.41, 5.74) is 6.03. The quantitative estimate of drug-likeness (QED) is 0.323. The lowest BCUT2D eigenvalue weighted by molar-refractivity contribution is -0.119. The van der Waals surface area contributed by atoms with Crippen molar-refractivity contribution in [2.24, 2.45) is 5.73 Å². The monoisotopic (exact) mass is 444 g/mol. The molecule has 1 atom stereocenters. The summed E-state index contributed by atoms with van der Waals surface area (Å²) < 4.78 is 5.71. The van der Waals surface area contributed by atoms with Crippen molar-refractivity contribution in [1.82, 2.24) is 10.2 Å². The van der Waals surface area contributed by atoms with Crippen molar-refractivity contribution in [3.63, 3.8) is 0 Å². The number of nitrogens with two attached hydrogens (primary N) is 1.